The predicted octanol–water partition coefficient (Wildman–Crippen LogP) is 1.37. The van der Waals surface area contributed by atoms with Gasteiger partial charge in [0.05, 0.1) is 6.10 Å². The van der Waals surface area contributed by atoms with Crippen molar-refractivity contribution < 1.29 is 5.11 Å². The summed E-state index contributed by atoms with van der Waals surface area (Å²) in [5, 5.41) is 9.02. The van der Waals surface area contributed by atoms with Gasteiger partial charge in [-0.3, -0.25) is 0 Å². The number of hydrogen-bond acceptors (Lipinski definition) is 1. The highest BCUT2D eigenvalue weighted by molar-refractivity contribution is 4.82. The molecule has 1 heteroatoms. The maximum absolute atomic E-state index is 9.02. The highest BCUT2D eigenvalue weighted by atomic mass is 16.3. The van der Waals surface area contributed by atoms with Crippen LogP contribution in [0.5, 0.6) is 0 Å². The third kappa shape index (κ3) is 1.48. The minimum atomic E-state index is -0.112. The fourth-order valence-electron chi connectivity index (χ4n) is 1.20. The molecule has 2 atom stereocenters. The molecular formula is C7H13O. The van der Waals surface area contributed by atoms with Gasteiger partial charge in [0, 0.05) is 0 Å². The molecule has 1 fully saturated rings. The molecule has 0 spiro atoms. The zero-order chi connectivity index (χ0) is 5.98. The maximum Gasteiger partial charge on any atom is 0.0574 e. The van der Waals surface area contributed by atoms with E-state index in [0.29, 0.717) is 0 Å². The van der Waals surface area contributed by atoms with Gasteiger partial charge in [0.25, 0.3) is 0 Å². The van der Waals surface area contributed by atoms with Crippen LogP contribution in [0.15, 0.2) is 0 Å². The van der Waals surface area contributed by atoms with Crippen LogP contribution in [0.1, 0.15) is 26.2 Å². The van der Waals surface area contributed by atoms with Crippen LogP contribution in [-0.4, -0.2) is 11.2 Å². The summed E-state index contributed by atoms with van der Waals surface area (Å²) in [7, 11) is 0. The summed E-state index contributed by atoms with van der Waals surface area (Å²) in [5.74, 6) is 0.731. The van der Waals surface area contributed by atoms with Gasteiger partial charge in [0.2, 0.25) is 0 Å². The van der Waals surface area contributed by atoms with Crippen LogP contribution in [0.4, 0.5) is 0 Å². The second-order valence-electron chi connectivity index (χ2n) is 2.72. The lowest BCUT2D eigenvalue weighted by Crippen LogP contribution is -2.17. The van der Waals surface area contributed by atoms with Gasteiger partial charge in [-0.1, -0.05) is 13.3 Å². The standard InChI is InChI=1S/C7H13O/c1-6-3-2-4-7(8)5-6/h4,6-8H,2-3,5H2,1H3/t6-,7-/m1/s1. The Bertz CT molecular complexity index is 62.8. The van der Waals surface area contributed by atoms with Crippen LogP contribution in [-0.2, 0) is 0 Å². The Kier molecular flexibility index (Phi) is 1.90. The number of aliphatic hydroxyl groups excluding tert-OH is 1. The Labute approximate surface area is 50.7 Å². The molecule has 0 amide bonds. The van der Waals surface area contributed by atoms with E-state index in [-0.39, 0.29) is 6.10 Å². The van der Waals surface area contributed by atoms with Gasteiger partial charge in [0.1, 0.15) is 0 Å². The van der Waals surface area contributed by atoms with Crippen molar-refractivity contribution in [1.29, 1.82) is 0 Å². The Morgan fingerprint density at radius 3 is 2.75 bits per heavy atom. The van der Waals surface area contributed by atoms with Crippen LogP contribution in [0, 0.1) is 12.3 Å². The molecule has 0 aromatic heterocycles. The second-order valence-corrected chi connectivity index (χ2v) is 2.72. The molecular weight excluding hydrogens is 100 g/mol. The lowest BCUT2D eigenvalue weighted by Gasteiger charge is -2.21. The van der Waals surface area contributed by atoms with Crippen molar-refractivity contribution >= 4 is 0 Å². The van der Waals surface area contributed by atoms with Gasteiger partial charge in [-0.2, -0.15) is 0 Å². The zero-order valence-electron chi connectivity index (χ0n) is 5.30. The average molecular weight is 113 g/mol. The van der Waals surface area contributed by atoms with Gasteiger partial charge >= 0.3 is 0 Å². The Balaban J connectivity index is 2.23. The molecule has 8 heavy (non-hydrogen) atoms. The van der Waals surface area contributed by atoms with Crippen molar-refractivity contribution in [2.75, 3.05) is 0 Å². The topological polar surface area (TPSA) is 20.2 Å². The first-order valence-electron chi connectivity index (χ1n) is 3.30. The van der Waals surface area contributed by atoms with Crippen molar-refractivity contribution in [3.05, 3.63) is 6.42 Å². The van der Waals surface area contributed by atoms with Crippen LogP contribution in [0.3, 0.4) is 0 Å². The van der Waals surface area contributed by atoms with Gasteiger partial charge in [0.15, 0.2) is 0 Å². The Morgan fingerprint density at radius 2 is 2.38 bits per heavy atom. The summed E-state index contributed by atoms with van der Waals surface area (Å²) in [6, 6.07) is 0. The first kappa shape index (κ1) is 6.09. The van der Waals surface area contributed by atoms with Crippen LogP contribution >= 0.6 is 0 Å². The van der Waals surface area contributed by atoms with Gasteiger partial charge in [-0.25, -0.2) is 0 Å². The zero-order valence-corrected chi connectivity index (χ0v) is 5.30. The first-order valence-corrected chi connectivity index (χ1v) is 3.30. The van der Waals surface area contributed by atoms with E-state index < -0.39 is 0 Å². The van der Waals surface area contributed by atoms with Crippen LogP contribution in [0.2, 0.25) is 0 Å². The molecule has 0 unspecified atom stereocenters. The van der Waals surface area contributed by atoms with Crippen molar-refractivity contribution in [3.8, 4) is 0 Å². The molecule has 1 saturated carbocycles. The van der Waals surface area contributed by atoms with Gasteiger partial charge in [-0.15, -0.1) is 0 Å². The first-order chi connectivity index (χ1) is 3.79. The Morgan fingerprint density at radius 1 is 1.62 bits per heavy atom. The predicted molar refractivity (Wildman–Crippen MR) is 33.3 cm³/mol. The summed E-state index contributed by atoms with van der Waals surface area (Å²) in [4.78, 5) is 0. The summed E-state index contributed by atoms with van der Waals surface area (Å²) >= 11 is 0. The molecule has 1 rings (SSSR count). The molecule has 0 bridgehead atoms. The number of hydrogen-bond donors (Lipinski definition) is 1. The third-order valence-electron chi connectivity index (χ3n) is 1.74. The monoisotopic (exact) mass is 113 g/mol. The SMILES string of the molecule is C[C@@H]1CC[CH][C@@H](O)C1. The molecule has 1 aliphatic carbocycles. The van der Waals surface area contributed by atoms with Crippen LogP contribution in [0.25, 0.3) is 0 Å². The molecule has 0 saturated heterocycles. The molecule has 1 radical (unpaired) electrons. The number of rotatable bonds is 0. The highest BCUT2D eigenvalue weighted by Gasteiger charge is 2.15. The molecule has 0 aromatic rings. The molecule has 0 aliphatic heterocycles. The largest absolute Gasteiger partial charge is 0.393 e. The fourth-order valence-corrected chi connectivity index (χ4v) is 1.20. The van der Waals surface area contributed by atoms with E-state index in [1.54, 1.807) is 0 Å². The summed E-state index contributed by atoms with van der Waals surface area (Å²) in [6.45, 7) is 2.19. The van der Waals surface area contributed by atoms with E-state index in [1.165, 1.54) is 6.42 Å². The van der Waals surface area contributed by atoms with Crippen molar-refractivity contribution in [3.63, 3.8) is 0 Å². The molecule has 0 aromatic carbocycles. The average Bonchev–Trinajstić information content (AvgIpc) is 1.64. The molecule has 0 heterocycles. The van der Waals surface area contributed by atoms with Gasteiger partial charge < -0.3 is 5.11 Å². The van der Waals surface area contributed by atoms with Crippen molar-refractivity contribution in [1.82, 2.24) is 0 Å². The van der Waals surface area contributed by atoms with Crippen LogP contribution < -0.4 is 0 Å². The maximum atomic E-state index is 9.02. The van der Waals surface area contributed by atoms with Gasteiger partial charge in [-0.05, 0) is 25.2 Å². The van der Waals surface area contributed by atoms with E-state index in [0.717, 1.165) is 18.8 Å². The summed E-state index contributed by atoms with van der Waals surface area (Å²) in [6.07, 6.45) is 5.22. The highest BCUT2D eigenvalue weighted by Crippen LogP contribution is 2.21. The summed E-state index contributed by atoms with van der Waals surface area (Å²) < 4.78 is 0. The number of aliphatic hydroxyl groups is 1. The molecule has 1 nitrogen and oxygen atoms in total. The molecule has 1 N–H and O–H groups in total. The van der Waals surface area contributed by atoms with E-state index >= 15 is 0 Å². The molecule has 1 aliphatic rings. The third-order valence-corrected chi connectivity index (χ3v) is 1.74. The second kappa shape index (κ2) is 2.49. The smallest absolute Gasteiger partial charge is 0.0574 e. The lowest BCUT2D eigenvalue weighted by atomic mass is 9.89. The minimum absolute atomic E-state index is 0.112. The van der Waals surface area contributed by atoms with Crippen molar-refractivity contribution in [2.45, 2.75) is 32.3 Å². The van der Waals surface area contributed by atoms with Crippen molar-refractivity contribution in [2.24, 2.45) is 5.92 Å². The molecule has 47 valence electrons. The normalized spacial score (nSPS) is 39.8. The van der Waals surface area contributed by atoms with E-state index in [4.69, 9.17) is 5.11 Å². The van der Waals surface area contributed by atoms with E-state index in [1.807, 2.05) is 6.42 Å². The Hall–Kier alpha value is -0.0400. The van der Waals surface area contributed by atoms with E-state index in [2.05, 4.69) is 6.92 Å². The van der Waals surface area contributed by atoms with E-state index in [9.17, 15) is 0 Å². The lowest BCUT2D eigenvalue weighted by molar-refractivity contribution is 0.149. The minimum Gasteiger partial charge on any atom is -0.393 e. The fraction of sp³-hybridized carbons (Fsp3) is 0.857. The quantitative estimate of drug-likeness (QED) is 0.503. The summed E-state index contributed by atoms with van der Waals surface area (Å²) in [5.41, 5.74) is 0.